The van der Waals surface area contributed by atoms with Gasteiger partial charge in [-0.1, -0.05) is 12.1 Å². The lowest BCUT2D eigenvalue weighted by Crippen LogP contribution is -2.45. The third kappa shape index (κ3) is 4.45. The summed E-state index contributed by atoms with van der Waals surface area (Å²) in [5.74, 6) is 0.488. The molecule has 1 fully saturated rings. The van der Waals surface area contributed by atoms with Gasteiger partial charge in [0, 0.05) is 67.7 Å². The highest BCUT2D eigenvalue weighted by Gasteiger charge is 2.36. The first kappa shape index (κ1) is 25.9. The molecule has 1 aliphatic heterocycles. The van der Waals surface area contributed by atoms with Crippen molar-refractivity contribution < 1.29 is 17.9 Å². The van der Waals surface area contributed by atoms with E-state index in [9.17, 15) is 18.0 Å². The summed E-state index contributed by atoms with van der Waals surface area (Å²) >= 11 is 0. The number of pyridine rings is 2. The van der Waals surface area contributed by atoms with E-state index >= 15 is 0 Å². The molecular formula is C29H27F3N6O2. The SMILES string of the molecule is COc1ccc(-c2ccc3nc(-c4ccc(N5CCN(C)CC5)c(C(F)(F)F)c4)c4c([nH]c(=O)n4C)c3c2)cn1. The topological polar surface area (TPSA) is 79.3 Å². The van der Waals surface area contributed by atoms with Crippen LogP contribution in [0.3, 0.4) is 0 Å². The number of fused-ring (bicyclic) bond motifs is 3. The number of H-pyrrole nitrogens is 1. The van der Waals surface area contributed by atoms with E-state index in [4.69, 9.17) is 9.72 Å². The summed E-state index contributed by atoms with van der Waals surface area (Å²) in [5, 5.41) is 0.676. The molecule has 0 radical (unpaired) electrons. The van der Waals surface area contributed by atoms with Gasteiger partial charge in [0.25, 0.3) is 0 Å². The monoisotopic (exact) mass is 548 g/mol. The van der Waals surface area contributed by atoms with Crippen molar-refractivity contribution in [1.29, 1.82) is 0 Å². The van der Waals surface area contributed by atoms with Crippen LogP contribution in [0.1, 0.15) is 5.56 Å². The largest absolute Gasteiger partial charge is 0.481 e. The molecular weight excluding hydrogens is 521 g/mol. The highest BCUT2D eigenvalue weighted by Crippen LogP contribution is 2.41. The van der Waals surface area contributed by atoms with E-state index < -0.39 is 11.7 Å². The Morgan fingerprint density at radius 2 is 1.65 bits per heavy atom. The van der Waals surface area contributed by atoms with Crippen LogP contribution in [0, 0.1) is 0 Å². The van der Waals surface area contributed by atoms with Crippen molar-refractivity contribution in [2.75, 3.05) is 45.2 Å². The molecule has 40 heavy (non-hydrogen) atoms. The number of piperazine rings is 1. The quantitative estimate of drug-likeness (QED) is 0.344. The Bertz CT molecular complexity index is 1780. The molecule has 1 saturated heterocycles. The van der Waals surface area contributed by atoms with Gasteiger partial charge in [-0.25, -0.2) is 14.8 Å². The van der Waals surface area contributed by atoms with Crippen LogP contribution in [0.4, 0.5) is 18.9 Å². The van der Waals surface area contributed by atoms with Crippen LogP contribution in [-0.4, -0.2) is 64.8 Å². The number of aromatic nitrogens is 4. The second kappa shape index (κ2) is 9.67. The minimum Gasteiger partial charge on any atom is -0.481 e. The minimum absolute atomic E-state index is 0.155. The molecule has 0 atom stereocenters. The fourth-order valence-corrected chi connectivity index (χ4v) is 5.28. The van der Waals surface area contributed by atoms with Crippen LogP contribution in [0.2, 0.25) is 0 Å². The van der Waals surface area contributed by atoms with E-state index in [0.29, 0.717) is 59.7 Å². The van der Waals surface area contributed by atoms with Crippen LogP contribution >= 0.6 is 0 Å². The number of halogens is 3. The Balaban J connectivity index is 1.52. The number of benzene rings is 2. The number of hydrogen-bond donors (Lipinski definition) is 1. The molecule has 0 spiro atoms. The summed E-state index contributed by atoms with van der Waals surface area (Å²) in [6, 6.07) is 13.5. The molecule has 0 aliphatic carbocycles. The van der Waals surface area contributed by atoms with Crippen molar-refractivity contribution in [1.82, 2.24) is 24.4 Å². The Kier molecular flexibility index (Phi) is 6.25. The van der Waals surface area contributed by atoms with E-state index in [-0.39, 0.29) is 16.9 Å². The molecule has 3 aromatic heterocycles. The third-order valence-electron chi connectivity index (χ3n) is 7.53. The maximum absolute atomic E-state index is 14.3. The molecule has 8 nitrogen and oxygen atoms in total. The molecule has 5 aromatic rings. The highest BCUT2D eigenvalue weighted by molar-refractivity contribution is 6.08. The van der Waals surface area contributed by atoms with E-state index in [1.165, 1.54) is 10.6 Å². The number of nitrogens with zero attached hydrogens (tertiary/aromatic N) is 5. The lowest BCUT2D eigenvalue weighted by Gasteiger charge is -2.35. The number of ether oxygens (including phenoxy) is 1. The van der Waals surface area contributed by atoms with Crippen molar-refractivity contribution in [3.8, 4) is 28.3 Å². The molecule has 2 aromatic carbocycles. The van der Waals surface area contributed by atoms with E-state index in [1.54, 1.807) is 43.5 Å². The molecule has 0 unspecified atom stereocenters. The smallest absolute Gasteiger partial charge is 0.418 e. The van der Waals surface area contributed by atoms with Crippen LogP contribution < -0.4 is 15.3 Å². The standard InChI is InChI=1S/C29H27F3N6O2/c1-36-10-12-38(13-11-36)23-8-5-18(15-21(23)29(30,31)32)25-27-26(35-28(39)37(27)2)20-14-17(4-7-22(20)34-25)19-6-9-24(40-3)33-16-19/h4-9,14-16H,10-13H2,1-3H3,(H,35,39). The molecule has 6 rings (SSSR count). The third-order valence-corrected chi connectivity index (χ3v) is 7.53. The van der Waals surface area contributed by atoms with Gasteiger partial charge in [-0.2, -0.15) is 13.2 Å². The number of likely N-dealkylation sites (N-methyl/N-ethyl adjacent to an activating group) is 1. The van der Waals surface area contributed by atoms with Crippen LogP contribution in [0.15, 0.2) is 59.5 Å². The first-order chi connectivity index (χ1) is 19.1. The molecule has 4 heterocycles. The Morgan fingerprint density at radius 3 is 2.33 bits per heavy atom. The number of alkyl halides is 3. The second-order valence-electron chi connectivity index (χ2n) is 10.0. The highest BCUT2D eigenvalue weighted by atomic mass is 19.4. The van der Waals surface area contributed by atoms with Crippen molar-refractivity contribution in [3.05, 3.63) is 70.8 Å². The molecule has 11 heteroatoms. The number of methoxy groups -OCH3 is 1. The van der Waals surface area contributed by atoms with Gasteiger partial charge in [-0.15, -0.1) is 0 Å². The van der Waals surface area contributed by atoms with E-state index in [2.05, 4.69) is 14.9 Å². The number of anilines is 1. The maximum Gasteiger partial charge on any atom is 0.418 e. The fourth-order valence-electron chi connectivity index (χ4n) is 5.28. The zero-order chi connectivity index (χ0) is 28.2. The first-order valence-corrected chi connectivity index (χ1v) is 12.8. The summed E-state index contributed by atoms with van der Waals surface area (Å²) in [6.45, 7) is 2.39. The molecule has 1 aliphatic rings. The fraction of sp³-hybridized carbons (Fsp3) is 0.276. The number of hydrogen-bond acceptors (Lipinski definition) is 6. The Morgan fingerprint density at radius 1 is 0.925 bits per heavy atom. The number of aryl methyl sites for hydroxylation is 1. The molecule has 0 bridgehead atoms. The summed E-state index contributed by atoms with van der Waals surface area (Å²) in [4.78, 5) is 28.6. The number of nitrogens with one attached hydrogen (secondary N) is 1. The van der Waals surface area contributed by atoms with Gasteiger partial charge in [-0.05, 0) is 42.9 Å². The normalized spacial score (nSPS) is 14.8. The van der Waals surface area contributed by atoms with Gasteiger partial charge in [0.1, 0.15) is 0 Å². The summed E-state index contributed by atoms with van der Waals surface area (Å²) in [5.41, 5.74) is 2.82. The lowest BCUT2D eigenvalue weighted by molar-refractivity contribution is -0.137. The summed E-state index contributed by atoms with van der Waals surface area (Å²) in [6.07, 6.45) is -2.87. The van der Waals surface area contributed by atoms with Crippen LogP contribution in [0.25, 0.3) is 44.3 Å². The Labute approximate surface area is 227 Å². The molecule has 0 saturated carbocycles. The average Bonchev–Trinajstić information content (AvgIpc) is 3.26. The minimum atomic E-state index is -4.56. The van der Waals surface area contributed by atoms with Crippen LogP contribution in [0.5, 0.6) is 5.88 Å². The van der Waals surface area contributed by atoms with Gasteiger partial charge >= 0.3 is 11.9 Å². The predicted octanol–water partition coefficient (Wildman–Crippen LogP) is 4.92. The van der Waals surface area contributed by atoms with E-state index in [0.717, 1.165) is 17.2 Å². The second-order valence-corrected chi connectivity index (χ2v) is 10.0. The molecule has 206 valence electrons. The Hall–Kier alpha value is -4.38. The number of imidazole rings is 1. The van der Waals surface area contributed by atoms with Crippen molar-refractivity contribution in [2.24, 2.45) is 7.05 Å². The lowest BCUT2D eigenvalue weighted by atomic mass is 10.00. The van der Waals surface area contributed by atoms with E-state index in [1.807, 2.05) is 25.2 Å². The van der Waals surface area contributed by atoms with Crippen molar-refractivity contribution >= 4 is 27.6 Å². The molecule has 1 N–H and O–H groups in total. The van der Waals surface area contributed by atoms with Crippen molar-refractivity contribution in [2.45, 2.75) is 6.18 Å². The first-order valence-electron chi connectivity index (χ1n) is 12.8. The maximum atomic E-state index is 14.3. The van der Waals surface area contributed by atoms with Gasteiger partial charge in [0.05, 0.1) is 34.9 Å². The summed E-state index contributed by atoms with van der Waals surface area (Å²) < 4.78 is 49.6. The number of rotatable bonds is 4. The van der Waals surface area contributed by atoms with Gasteiger partial charge < -0.3 is 19.5 Å². The predicted molar refractivity (Wildman–Crippen MR) is 149 cm³/mol. The zero-order valence-corrected chi connectivity index (χ0v) is 22.2. The van der Waals surface area contributed by atoms with Gasteiger partial charge in [0.15, 0.2) is 0 Å². The number of aromatic amines is 1. The van der Waals surface area contributed by atoms with Crippen LogP contribution in [-0.2, 0) is 13.2 Å². The molecule has 0 amide bonds. The summed E-state index contributed by atoms with van der Waals surface area (Å²) in [7, 11) is 5.08. The van der Waals surface area contributed by atoms with Gasteiger partial charge in [0.2, 0.25) is 5.88 Å². The average molecular weight is 549 g/mol. The van der Waals surface area contributed by atoms with Gasteiger partial charge in [-0.3, -0.25) is 4.57 Å². The zero-order valence-electron chi connectivity index (χ0n) is 22.2. The van der Waals surface area contributed by atoms with Crippen molar-refractivity contribution in [3.63, 3.8) is 0 Å².